The van der Waals surface area contributed by atoms with E-state index in [0.29, 0.717) is 5.56 Å². The van der Waals surface area contributed by atoms with Gasteiger partial charge in [-0.1, -0.05) is 12.8 Å². The van der Waals surface area contributed by atoms with Crippen molar-refractivity contribution in [2.24, 2.45) is 0 Å². The fourth-order valence-electron chi connectivity index (χ4n) is 2.65. The van der Waals surface area contributed by atoms with Gasteiger partial charge in [-0.2, -0.15) is 0 Å². The SMILES string of the molecule is C[C@H](OC(=O)c1ccc2ncsc2c1)C(=O)NC1CCCC1. The third-order valence-electron chi connectivity index (χ3n) is 3.92. The zero-order chi connectivity index (χ0) is 15.5. The Kier molecular flexibility index (Phi) is 4.38. The number of nitrogens with zero attached hydrogens (tertiary/aromatic N) is 1. The predicted octanol–water partition coefficient (Wildman–Crippen LogP) is 2.90. The van der Waals surface area contributed by atoms with Gasteiger partial charge in [0.2, 0.25) is 0 Å². The fourth-order valence-corrected chi connectivity index (χ4v) is 3.37. The average molecular weight is 318 g/mol. The second-order valence-electron chi connectivity index (χ2n) is 5.57. The van der Waals surface area contributed by atoms with Gasteiger partial charge in [-0.3, -0.25) is 4.79 Å². The quantitative estimate of drug-likeness (QED) is 0.880. The predicted molar refractivity (Wildman–Crippen MR) is 84.9 cm³/mol. The zero-order valence-corrected chi connectivity index (χ0v) is 13.2. The van der Waals surface area contributed by atoms with Crippen molar-refractivity contribution < 1.29 is 14.3 Å². The molecule has 6 heteroatoms. The van der Waals surface area contributed by atoms with Crippen LogP contribution in [0.15, 0.2) is 23.7 Å². The molecule has 116 valence electrons. The Morgan fingerprint density at radius 2 is 2.14 bits per heavy atom. The maximum absolute atomic E-state index is 12.1. The van der Waals surface area contributed by atoms with Crippen molar-refractivity contribution in [3.05, 3.63) is 29.3 Å². The molecule has 22 heavy (non-hydrogen) atoms. The number of fused-ring (bicyclic) bond motifs is 1. The molecule has 0 radical (unpaired) electrons. The second kappa shape index (κ2) is 6.44. The molecule has 1 saturated carbocycles. The standard InChI is InChI=1S/C16H18N2O3S/c1-10(15(19)18-12-4-2-3-5-12)21-16(20)11-6-7-13-14(8-11)22-9-17-13/h6-10,12H,2-5H2,1H3,(H,18,19)/t10-/m0/s1. The fraction of sp³-hybridized carbons (Fsp3) is 0.438. The van der Waals surface area contributed by atoms with Gasteiger partial charge in [0, 0.05) is 6.04 Å². The molecular formula is C16H18N2O3S. The van der Waals surface area contributed by atoms with Crippen LogP contribution >= 0.6 is 11.3 Å². The Morgan fingerprint density at radius 3 is 2.91 bits per heavy atom. The number of hydrogen-bond donors (Lipinski definition) is 1. The van der Waals surface area contributed by atoms with Gasteiger partial charge in [0.25, 0.3) is 5.91 Å². The molecule has 1 aliphatic rings. The largest absolute Gasteiger partial charge is 0.449 e. The molecule has 1 aromatic heterocycles. The van der Waals surface area contributed by atoms with E-state index >= 15 is 0 Å². The van der Waals surface area contributed by atoms with Gasteiger partial charge in [-0.15, -0.1) is 11.3 Å². The third-order valence-corrected chi connectivity index (χ3v) is 4.71. The topological polar surface area (TPSA) is 68.3 Å². The van der Waals surface area contributed by atoms with E-state index in [2.05, 4.69) is 10.3 Å². The first kappa shape index (κ1) is 15.0. The summed E-state index contributed by atoms with van der Waals surface area (Å²) in [4.78, 5) is 28.4. The number of esters is 1. The average Bonchev–Trinajstić information content (AvgIpc) is 3.16. The van der Waals surface area contributed by atoms with Crippen molar-refractivity contribution in [2.45, 2.75) is 44.8 Å². The van der Waals surface area contributed by atoms with E-state index in [4.69, 9.17) is 4.74 Å². The van der Waals surface area contributed by atoms with Crippen LogP contribution in [-0.2, 0) is 9.53 Å². The second-order valence-corrected chi connectivity index (χ2v) is 6.46. The number of rotatable bonds is 4. The molecule has 1 N–H and O–H groups in total. The molecular weight excluding hydrogens is 300 g/mol. The lowest BCUT2D eigenvalue weighted by atomic mass is 10.2. The summed E-state index contributed by atoms with van der Waals surface area (Å²) in [5.74, 6) is -0.705. The number of amides is 1. The Morgan fingerprint density at radius 1 is 1.36 bits per heavy atom. The first-order valence-electron chi connectivity index (χ1n) is 7.48. The number of benzene rings is 1. The lowest BCUT2D eigenvalue weighted by molar-refractivity contribution is -0.129. The van der Waals surface area contributed by atoms with Gasteiger partial charge < -0.3 is 10.1 Å². The molecule has 0 bridgehead atoms. The molecule has 0 spiro atoms. The van der Waals surface area contributed by atoms with Gasteiger partial charge in [0.05, 0.1) is 21.3 Å². The van der Waals surface area contributed by atoms with E-state index in [1.807, 2.05) is 0 Å². The minimum Gasteiger partial charge on any atom is -0.449 e. The van der Waals surface area contributed by atoms with Crippen molar-refractivity contribution in [1.82, 2.24) is 10.3 Å². The van der Waals surface area contributed by atoms with E-state index < -0.39 is 12.1 Å². The lowest BCUT2D eigenvalue weighted by Gasteiger charge is -2.17. The number of aromatic nitrogens is 1. The van der Waals surface area contributed by atoms with Crippen molar-refractivity contribution in [3.63, 3.8) is 0 Å². The van der Waals surface area contributed by atoms with Crippen LogP contribution in [0.4, 0.5) is 0 Å². The lowest BCUT2D eigenvalue weighted by Crippen LogP contribution is -2.40. The number of carbonyl (C=O) groups is 2. The Bertz CT molecular complexity index is 692. The van der Waals surface area contributed by atoms with E-state index in [0.717, 1.165) is 35.9 Å². The smallest absolute Gasteiger partial charge is 0.338 e. The first-order valence-corrected chi connectivity index (χ1v) is 8.36. The van der Waals surface area contributed by atoms with Crippen LogP contribution in [0.5, 0.6) is 0 Å². The third kappa shape index (κ3) is 3.27. The minimum absolute atomic E-state index is 0.223. The summed E-state index contributed by atoms with van der Waals surface area (Å²) in [5, 5.41) is 2.94. The van der Waals surface area contributed by atoms with Crippen molar-refractivity contribution in [1.29, 1.82) is 0 Å². The molecule has 1 atom stereocenters. The van der Waals surface area contributed by atoms with Gasteiger partial charge >= 0.3 is 5.97 Å². The number of carbonyl (C=O) groups excluding carboxylic acids is 2. The van der Waals surface area contributed by atoms with Crippen LogP contribution < -0.4 is 5.32 Å². The number of nitrogens with one attached hydrogen (secondary N) is 1. The molecule has 1 heterocycles. The Labute approximate surface area is 132 Å². The summed E-state index contributed by atoms with van der Waals surface area (Å²) in [7, 11) is 0. The monoisotopic (exact) mass is 318 g/mol. The van der Waals surface area contributed by atoms with E-state index in [1.54, 1.807) is 30.6 Å². The van der Waals surface area contributed by atoms with E-state index in [9.17, 15) is 9.59 Å². The molecule has 0 aliphatic heterocycles. The summed E-state index contributed by atoms with van der Waals surface area (Å²) < 4.78 is 6.20. The molecule has 3 rings (SSSR count). The highest BCUT2D eigenvalue weighted by Gasteiger charge is 2.23. The molecule has 2 aromatic rings. The maximum atomic E-state index is 12.1. The summed E-state index contributed by atoms with van der Waals surface area (Å²) in [5.41, 5.74) is 3.03. The van der Waals surface area contributed by atoms with Gasteiger partial charge in [-0.05, 0) is 38.0 Å². The molecule has 1 aromatic carbocycles. The van der Waals surface area contributed by atoms with Crippen molar-refractivity contribution in [2.75, 3.05) is 0 Å². The van der Waals surface area contributed by atoms with Crippen LogP contribution in [0.2, 0.25) is 0 Å². The maximum Gasteiger partial charge on any atom is 0.338 e. The zero-order valence-electron chi connectivity index (χ0n) is 12.4. The summed E-state index contributed by atoms with van der Waals surface area (Å²) in [6, 6.07) is 5.43. The van der Waals surface area contributed by atoms with Crippen LogP contribution in [0, 0.1) is 0 Å². The van der Waals surface area contributed by atoms with Gasteiger partial charge in [0.15, 0.2) is 6.10 Å². The van der Waals surface area contributed by atoms with Crippen molar-refractivity contribution in [3.8, 4) is 0 Å². The molecule has 5 nitrogen and oxygen atoms in total. The van der Waals surface area contributed by atoms with Crippen LogP contribution in [-0.4, -0.2) is 29.0 Å². The van der Waals surface area contributed by atoms with Gasteiger partial charge in [-0.25, -0.2) is 9.78 Å². The molecule has 1 fully saturated rings. The molecule has 0 saturated heterocycles. The minimum atomic E-state index is -0.787. The number of ether oxygens (including phenoxy) is 1. The number of thiazole rings is 1. The summed E-state index contributed by atoms with van der Waals surface area (Å²) >= 11 is 1.47. The molecule has 1 aliphatic carbocycles. The summed E-state index contributed by atoms with van der Waals surface area (Å²) in [6.45, 7) is 1.60. The van der Waals surface area contributed by atoms with Gasteiger partial charge in [0.1, 0.15) is 0 Å². The highest BCUT2D eigenvalue weighted by Crippen LogP contribution is 2.20. The van der Waals surface area contributed by atoms with Crippen LogP contribution in [0.1, 0.15) is 43.0 Å². The molecule has 1 amide bonds. The van der Waals surface area contributed by atoms with Crippen LogP contribution in [0.25, 0.3) is 10.2 Å². The van der Waals surface area contributed by atoms with Crippen molar-refractivity contribution >= 4 is 33.4 Å². The highest BCUT2D eigenvalue weighted by atomic mass is 32.1. The Balaban J connectivity index is 1.60. The first-order chi connectivity index (χ1) is 10.6. The van der Waals surface area contributed by atoms with E-state index in [1.165, 1.54) is 11.3 Å². The Hall–Kier alpha value is -1.95. The van der Waals surface area contributed by atoms with E-state index in [-0.39, 0.29) is 11.9 Å². The highest BCUT2D eigenvalue weighted by molar-refractivity contribution is 7.16. The summed E-state index contributed by atoms with van der Waals surface area (Å²) in [6.07, 6.45) is 3.52. The molecule has 0 unspecified atom stereocenters. The number of hydrogen-bond acceptors (Lipinski definition) is 5. The van der Waals surface area contributed by atoms with Crippen LogP contribution in [0.3, 0.4) is 0 Å². The normalized spacial score (nSPS) is 16.6.